The first-order valence-electron chi connectivity index (χ1n) is 10.5. The summed E-state index contributed by atoms with van der Waals surface area (Å²) in [5.74, 6) is -2.48. The zero-order chi connectivity index (χ0) is 25.0. The van der Waals surface area contributed by atoms with Crippen molar-refractivity contribution in [2.24, 2.45) is 0 Å². The Morgan fingerprint density at radius 3 is 2.41 bits per heavy atom. The molecule has 10 heteroatoms. The van der Waals surface area contributed by atoms with Crippen LogP contribution in [0, 0.1) is 11.6 Å². The fourth-order valence-corrected chi connectivity index (χ4v) is 3.35. The molecule has 0 spiro atoms. The number of hydrogen-bond acceptors (Lipinski definition) is 5. The van der Waals surface area contributed by atoms with Crippen LogP contribution >= 0.6 is 0 Å². The zero-order valence-electron chi connectivity index (χ0n) is 19.1. The number of aliphatic hydroxyl groups is 1. The van der Waals surface area contributed by atoms with E-state index in [0.717, 1.165) is 23.4 Å². The lowest BCUT2D eigenvalue weighted by atomic mass is 9.81. The molecule has 0 aliphatic carbocycles. The van der Waals surface area contributed by atoms with Gasteiger partial charge in [0, 0.05) is 23.2 Å². The van der Waals surface area contributed by atoms with Crippen LogP contribution in [-0.4, -0.2) is 40.3 Å². The van der Waals surface area contributed by atoms with Gasteiger partial charge in [-0.15, -0.1) is 0 Å². The van der Waals surface area contributed by atoms with Crippen LogP contribution in [0.4, 0.5) is 14.6 Å². The molecule has 0 unspecified atom stereocenters. The first kappa shape index (κ1) is 24.8. The lowest BCUT2D eigenvalue weighted by Gasteiger charge is -2.24. The smallest absolute Gasteiger partial charge is 0.254 e. The molecule has 2 amide bonds. The third-order valence-electron chi connectivity index (χ3n) is 5.49. The van der Waals surface area contributed by atoms with Gasteiger partial charge < -0.3 is 20.5 Å². The molecule has 0 aliphatic heterocycles. The number of halogens is 2. The number of aromatic nitrogens is 2. The summed E-state index contributed by atoms with van der Waals surface area (Å²) in [7, 11) is 1.59. The number of carbonyl (C=O) groups is 2. The molecule has 0 radical (unpaired) electrons. The molecular weight excluding hydrogens is 446 g/mol. The number of H-pyrrole nitrogens is 1. The van der Waals surface area contributed by atoms with E-state index in [4.69, 9.17) is 4.74 Å². The van der Waals surface area contributed by atoms with Crippen LogP contribution in [0.15, 0.2) is 48.5 Å². The summed E-state index contributed by atoms with van der Waals surface area (Å²) >= 11 is 0. The normalized spacial score (nSPS) is 13.1. The molecule has 8 nitrogen and oxygen atoms in total. The van der Waals surface area contributed by atoms with Crippen molar-refractivity contribution in [3.63, 3.8) is 0 Å². The van der Waals surface area contributed by atoms with Crippen molar-refractivity contribution in [1.29, 1.82) is 0 Å². The van der Waals surface area contributed by atoms with Crippen molar-refractivity contribution < 1.29 is 28.2 Å². The van der Waals surface area contributed by atoms with Gasteiger partial charge in [0.15, 0.2) is 11.9 Å². The minimum absolute atomic E-state index is 0.241. The summed E-state index contributed by atoms with van der Waals surface area (Å²) in [4.78, 5) is 24.8. The number of nitrogens with zero attached hydrogens (tertiary/aromatic N) is 1. The van der Waals surface area contributed by atoms with Crippen LogP contribution in [0.1, 0.15) is 43.7 Å². The third kappa shape index (κ3) is 5.57. The largest absolute Gasteiger partial charge is 0.497 e. The summed E-state index contributed by atoms with van der Waals surface area (Å²) in [5.41, 5.74) is 0.960. The van der Waals surface area contributed by atoms with E-state index in [1.54, 1.807) is 13.2 Å². The van der Waals surface area contributed by atoms with Crippen molar-refractivity contribution >= 4 is 17.6 Å². The Balaban J connectivity index is 1.65. The van der Waals surface area contributed by atoms with E-state index in [0.29, 0.717) is 11.8 Å². The Morgan fingerprint density at radius 2 is 1.76 bits per heavy atom. The quantitative estimate of drug-likeness (QED) is 0.402. The number of amides is 2. The van der Waals surface area contributed by atoms with E-state index in [9.17, 15) is 23.5 Å². The first-order chi connectivity index (χ1) is 16.0. The fraction of sp³-hybridized carbons (Fsp3) is 0.292. The Kier molecular flexibility index (Phi) is 7.31. The monoisotopic (exact) mass is 472 g/mol. The number of methoxy groups -OCH3 is 1. The van der Waals surface area contributed by atoms with Gasteiger partial charge in [-0.2, -0.15) is 5.10 Å². The number of carbonyl (C=O) groups excluding carboxylic acids is 2. The molecule has 3 aromatic rings. The molecule has 180 valence electrons. The average molecular weight is 472 g/mol. The van der Waals surface area contributed by atoms with Crippen LogP contribution in [0.5, 0.6) is 5.75 Å². The molecule has 0 aliphatic rings. The molecule has 2 atom stereocenters. The summed E-state index contributed by atoms with van der Waals surface area (Å²) in [6, 6.07) is 10.5. The van der Waals surface area contributed by atoms with Crippen molar-refractivity contribution in [2.45, 2.75) is 38.3 Å². The minimum Gasteiger partial charge on any atom is -0.497 e. The van der Waals surface area contributed by atoms with E-state index in [1.165, 1.54) is 6.92 Å². The van der Waals surface area contributed by atoms with Gasteiger partial charge >= 0.3 is 0 Å². The van der Waals surface area contributed by atoms with Crippen LogP contribution in [0.3, 0.4) is 0 Å². The second kappa shape index (κ2) is 10.0. The molecule has 0 saturated heterocycles. The summed E-state index contributed by atoms with van der Waals surface area (Å²) in [6.45, 7) is 5.38. The maximum atomic E-state index is 13.4. The number of nitrogens with one attached hydrogen (secondary N) is 3. The molecule has 1 aromatic heterocycles. The highest BCUT2D eigenvalue weighted by Gasteiger charge is 2.27. The van der Waals surface area contributed by atoms with E-state index in [1.807, 2.05) is 38.1 Å². The second-order valence-electron chi connectivity index (χ2n) is 8.35. The topological polar surface area (TPSA) is 116 Å². The van der Waals surface area contributed by atoms with Gasteiger partial charge in [0.1, 0.15) is 23.4 Å². The molecule has 0 bridgehead atoms. The zero-order valence-corrected chi connectivity index (χ0v) is 19.1. The SMILES string of the molecule is COc1cccc(C(C)(C)c2cc(NC(=O)[C@H](C)NC(=O)[C@@H](O)c3cc(F)cc(F)c3)n[nH]2)c1. The molecule has 34 heavy (non-hydrogen) atoms. The number of aliphatic hydroxyl groups excluding tert-OH is 1. The number of ether oxygens (including phenoxy) is 1. The van der Waals surface area contributed by atoms with Crippen molar-refractivity contribution in [2.75, 3.05) is 12.4 Å². The van der Waals surface area contributed by atoms with Crippen molar-refractivity contribution in [3.05, 3.63) is 77.0 Å². The van der Waals surface area contributed by atoms with Gasteiger partial charge in [0.25, 0.3) is 5.91 Å². The molecule has 2 aromatic carbocycles. The Morgan fingerprint density at radius 1 is 1.09 bits per heavy atom. The maximum absolute atomic E-state index is 13.4. The lowest BCUT2D eigenvalue weighted by Crippen LogP contribution is -2.43. The van der Waals surface area contributed by atoms with Gasteiger partial charge in [0.05, 0.1) is 7.11 Å². The van der Waals surface area contributed by atoms with Gasteiger partial charge in [-0.25, -0.2) is 8.78 Å². The maximum Gasteiger partial charge on any atom is 0.254 e. The molecular formula is C24H26F2N4O4. The van der Waals surface area contributed by atoms with Gasteiger partial charge in [-0.3, -0.25) is 14.7 Å². The van der Waals surface area contributed by atoms with E-state index in [2.05, 4.69) is 20.8 Å². The Bertz CT molecular complexity index is 1170. The van der Waals surface area contributed by atoms with E-state index in [-0.39, 0.29) is 11.4 Å². The highest BCUT2D eigenvalue weighted by atomic mass is 19.1. The van der Waals surface area contributed by atoms with E-state index >= 15 is 0 Å². The predicted octanol–water partition coefficient (Wildman–Crippen LogP) is 3.20. The summed E-state index contributed by atoms with van der Waals surface area (Å²) < 4.78 is 32.0. The Labute approximate surface area is 195 Å². The standard InChI is InChI=1S/C24H26F2N4O4/c1-13(27-23(33)21(31)14-8-16(25)11-17(26)9-14)22(32)28-20-12-19(29-30-20)24(2,3)15-6-5-7-18(10-15)34-4/h5-13,21,31H,1-4H3,(H,27,33)(H2,28,29,30,32)/t13-,21-/m0/s1. The number of aromatic amines is 1. The highest BCUT2D eigenvalue weighted by Crippen LogP contribution is 2.33. The lowest BCUT2D eigenvalue weighted by molar-refractivity contribution is -0.132. The van der Waals surface area contributed by atoms with Gasteiger partial charge in [-0.05, 0) is 42.3 Å². The number of rotatable bonds is 8. The fourth-order valence-electron chi connectivity index (χ4n) is 3.35. The molecule has 0 saturated carbocycles. The third-order valence-corrected chi connectivity index (χ3v) is 5.49. The Hall–Kier alpha value is -3.79. The first-order valence-corrected chi connectivity index (χ1v) is 10.5. The van der Waals surface area contributed by atoms with Crippen LogP contribution in [-0.2, 0) is 15.0 Å². The summed E-state index contributed by atoms with van der Waals surface area (Å²) in [6.07, 6.45) is -1.85. The van der Waals surface area contributed by atoms with Crippen molar-refractivity contribution in [1.82, 2.24) is 15.5 Å². The number of hydrogen-bond donors (Lipinski definition) is 4. The molecule has 1 heterocycles. The number of anilines is 1. The van der Waals surface area contributed by atoms with Gasteiger partial charge in [-0.1, -0.05) is 26.0 Å². The summed E-state index contributed by atoms with van der Waals surface area (Å²) in [5, 5.41) is 22.0. The van der Waals surface area contributed by atoms with Crippen LogP contribution < -0.4 is 15.4 Å². The van der Waals surface area contributed by atoms with Crippen LogP contribution in [0.2, 0.25) is 0 Å². The predicted molar refractivity (Wildman–Crippen MR) is 121 cm³/mol. The number of benzene rings is 2. The second-order valence-corrected chi connectivity index (χ2v) is 8.35. The van der Waals surface area contributed by atoms with E-state index < -0.39 is 41.0 Å². The molecule has 3 rings (SSSR count). The van der Waals surface area contributed by atoms with Crippen molar-refractivity contribution in [3.8, 4) is 5.75 Å². The average Bonchev–Trinajstić information content (AvgIpc) is 3.27. The molecule has 4 N–H and O–H groups in total. The van der Waals surface area contributed by atoms with Crippen LogP contribution in [0.25, 0.3) is 0 Å². The minimum atomic E-state index is -1.85. The highest BCUT2D eigenvalue weighted by molar-refractivity contribution is 5.97. The molecule has 0 fully saturated rings. The van der Waals surface area contributed by atoms with Gasteiger partial charge in [0.2, 0.25) is 5.91 Å².